The van der Waals surface area contributed by atoms with E-state index in [-0.39, 0.29) is 11.5 Å². The molecule has 0 aliphatic heterocycles. The number of aryl methyl sites for hydroxylation is 2. The van der Waals surface area contributed by atoms with Crippen LogP contribution in [0.15, 0.2) is 16.7 Å². The lowest BCUT2D eigenvalue weighted by Gasteiger charge is -2.06. The molecular weight excluding hydrogens is 235 g/mol. The molecular formula is C13H17FN2O2. The summed E-state index contributed by atoms with van der Waals surface area (Å²) in [5.74, 6) is 0.816. The van der Waals surface area contributed by atoms with Crippen molar-refractivity contribution < 1.29 is 13.7 Å². The van der Waals surface area contributed by atoms with E-state index in [4.69, 9.17) is 9.26 Å². The van der Waals surface area contributed by atoms with Crippen LogP contribution >= 0.6 is 0 Å². The van der Waals surface area contributed by atoms with Crippen LogP contribution in [0.3, 0.4) is 0 Å². The van der Waals surface area contributed by atoms with Gasteiger partial charge in [0.05, 0.1) is 12.7 Å². The molecule has 18 heavy (non-hydrogen) atoms. The number of nitrogens with zero attached hydrogens (tertiary/aromatic N) is 2. The summed E-state index contributed by atoms with van der Waals surface area (Å²) in [4.78, 5) is 3.97. The molecule has 1 aromatic heterocycles. The smallest absolute Gasteiger partial charge is 0.261 e. The third kappa shape index (κ3) is 2.85. The quantitative estimate of drug-likeness (QED) is 0.820. The van der Waals surface area contributed by atoms with E-state index in [0.717, 1.165) is 5.56 Å². The Balaban J connectivity index is 0.000000771. The normalized spacial score (nSPS) is 9.67. The summed E-state index contributed by atoms with van der Waals surface area (Å²) in [6.07, 6.45) is 0. The molecule has 0 aliphatic rings. The molecule has 0 N–H and O–H groups in total. The van der Waals surface area contributed by atoms with Gasteiger partial charge in [-0.25, -0.2) is 4.39 Å². The molecule has 0 bridgehead atoms. The molecule has 0 saturated heterocycles. The SMILES string of the molecule is CC.COc1cc(-c2nc(C)no2)c(F)cc1C. The molecule has 98 valence electrons. The number of ether oxygens (including phenoxy) is 1. The number of methoxy groups -OCH3 is 1. The second-order valence-corrected chi connectivity index (χ2v) is 3.45. The van der Waals surface area contributed by atoms with Gasteiger partial charge < -0.3 is 9.26 Å². The highest BCUT2D eigenvalue weighted by atomic mass is 19.1. The molecule has 4 nitrogen and oxygen atoms in total. The molecule has 2 rings (SSSR count). The fourth-order valence-electron chi connectivity index (χ4n) is 1.44. The Morgan fingerprint density at radius 2 is 1.89 bits per heavy atom. The Hall–Kier alpha value is -1.91. The molecule has 2 aromatic rings. The Labute approximate surface area is 106 Å². The van der Waals surface area contributed by atoms with Gasteiger partial charge in [0.15, 0.2) is 5.82 Å². The molecule has 5 heteroatoms. The second-order valence-electron chi connectivity index (χ2n) is 3.45. The van der Waals surface area contributed by atoms with E-state index in [1.54, 1.807) is 19.9 Å². The van der Waals surface area contributed by atoms with Gasteiger partial charge in [-0.15, -0.1) is 0 Å². The lowest BCUT2D eigenvalue weighted by molar-refractivity contribution is 0.407. The molecule has 0 spiro atoms. The molecule has 0 aliphatic carbocycles. The fourth-order valence-corrected chi connectivity index (χ4v) is 1.44. The highest BCUT2D eigenvalue weighted by molar-refractivity contribution is 5.58. The van der Waals surface area contributed by atoms with Crippen LogP contribution in [0, 0.1) is 19.7 Å². The van der Waals surface area contributed by atoms with Gasteiger partial charge in [-0.05, 0) is 31.5 Å². The third-order valence-electron chi connectivity index (χ3n) is 2.24. The van der Waals surface area contributed by atoms with Crippen molar-refractivity contribution in [1.29, 1.82) is 0 Å². The van der Waals surface area contributed by atoms with Crippen molar-refractivity contribution in [3.05, 3.63) is 29.3 Å². The van der Waals surface area contributed by atoms with Gasteiger partial charge in [-0.3, -0.25) is 0 Å². The average molecular weight is 252 g/mol. The zero-order valence-electron chi connectivity index (χ0n) is 11.2. The van der Waals surface area contributed by atoms with Gasteiger partial charge in [0.25, 0.3) is 5.89 Å². The van der Waals surface area contributed by atoms with Crippen molar-refractivity contribution in [3.63, 3.8) is 0 Å². The zero-order valence-corrected chi connectivity index (χ0v) is 11.2. The molecule has 1 heterocycles. The lowest BCUT2D eigenvalue weighted by atomic mass is 10.1. The number of hydrogen-bond donors (Lipinski definition) is 0. The number of halogens is 1. The lowest BCUT2D eigenvalue weighted by Crippen LogP contribution is -1.92. The summed E-state index contributed by atoms with van der Waals surface area (Å²) in [7, 11) is 1.53. The van der Waals surface area contributed by atoms with Crippen LogP contribution in [-0.4, -0.2) is 17.3 Å². The van der Waals surface area contributed by atoms with Gasteiger partial charge in [0, 0.05) is 0 Å². The van der Waals surface area contributed by atoms with E-state index >= 15 is 0 Å². The van der Waals surface area contributed by atoms with Crippen LogP contribution in [0.1, 0.15) is 25.2 Å². The number of benzene rings is 1. The maximum Gasteiger partial charge on any atom is 0.261 e. The molecule has 0 unspecified atom stereocenters. The minimum Gasteiger partial charge on any atom is -0.496 e. The van der Waals surface area contributed by atoms with Crippen molar-refractivity contribution in [1.82, 2.24) is 10.1 Å². The fraction of sp³-hybridized carbons (Fsp3) is 0.385. The Bertz CT molecular complexity index is 524. The number of rotatable bonds is 2. The highest BCUT2D eigenvalue weighted by Gasteiger charge is 2.14. The highest BCUT2D eigenvalue weighted by Crippen LogP contribution is 2.28. The van der Waals surface area contributed by atoms with E-state index in [1.807, 2.05) is 13.8 Å². The monoisotopic (exact) mass is 252 g/mol. The van der Waals surface area contributed by atoms with Crippen LogP contribution < -0.4 is 4.74 Å². The predicted molar refractivity (Wildman–Crippen MR) is 67.1 cm³/mol. The number of aromatic nitrogens is 2. The van der Waals surface area contributed by atoms with E-state index in [0.29, 0.717) is 11.6 Å². The van der Waals surface area contributed by atoms with Crippen LogP contribution in [0.2, 0.25) is 0 Å². The van der Waals surface area contributed by atoms with Crippen molar-refractivity contribution in [2.75, 3.05) is 7.11 Å². The first-order chi connectivity index (χ1) is 8.61. The van der Waals surface area contributed by atoms with Crippen LogP contribution in [0.4, 0.5) is 4.39 Å². The maximum absolute atomic E-state index is 13.7. The van der Waals surface area contributed by atoms with Gasteiger partial charge in [-0.2, -0.15) is 4.98 Å². The molecule has 0 atom stereocenters. The summed E-state index contributed by atoms with van der Waals surface area (Å²) in [5, 5.41) is 3.62. The maximum atomic E-state index is 13.7. The minimum absolute atomic E-state index is 0.160. The van der Waals surface area contributed by atoms with Gasteiger partial charge in [-0.1, -0.05) is 19.0 Å². The second kappa shape index (κ2) is 6.14. The van der Waals surface area contributed by atoms with E-state index in [2.05, 4.69) is 10.1 Å². The van der Waals surface area contributed by atoms with E-state index in [9.17, 15) is 4.39 Å². The molecule has 0 amide bonds. The van der Waals surface area contributed by atoms with Crippen molar-refractivity contribution in [3.8, 4) is 17.2 Å². The van der Waals surface area contributed by atoms with Gasteiger partial charge in [0.1, 0.15) is 11.6 Å². The first-order valence-electron chi connectivity index (χ1n) is 5.76. The predicted octanol–water partition coefficient (Wildman–Crippen LogP) is 3.53. The van der Waals surface area contributed by atoms with Crippen LogP contribution in [-0.2, 0) is 0 Å². The topological polar surface area (TPSA) is 48.2 Å². The Kier molecular flexibility index (Phi) is 4.83. The van der Waals surface area contributed by atoms with Gasteiger partial charge >= 0.3 is 0 Å². The largest absolute Gasteiger partial charge is 0.496 e. The first-order valence-corrected chi connectivity index (χ1v) is 5.76. The summed E-state index contributed by atoms with van der Waals surface area (Å²) in [6.45, 7) is 7.45. The standard InChI is InChI=1S/C11H11FN2O2.C2H6/c1-6-4-9(12)8(5-10(6)15-3)11-13-7(2)14-16-11;1-2/h4-5H,1-3H3;1-2H3. The summed E-state index contributed by atoms with van der Waals surface area (Å²) < 4.78 is 23.7. The van der Waals surface area contributed by atoms with Crippen LogP contribution in [0.5, 0.6) is 5.75 Å². The summed E-state index contributed by atoms with van der Waals surface area (Å²) in [6, 6.07) is 2.94. The average Bonchev–Trinajstić information content (AvgIpc) is 2.78. The van der Waals surface area contributed by atoms with Gasteiger partial charge in [0.2, 0.25) is 0 Å². The minimum atomic E-state index is -0.401. The molecule has 0 radical (unpaired) electrons. The van der Waals surface area contributed by atoms with Crippen molar-refractivity contribution >= 4 is 0 Å². The van der Waals surface area contributed by atoms with Crippen molar-refractivity contribution in [2.45, 2.75) is 27.7 Å². The van der Waals surface area contributed by atoms with E-state index in [1.165, 1.54) is 13.2 Å². The summed E-state index contributed by atoms with van der Waals surface area (Å²) in [5.41, 5.74) is 0.975. The van der Waals surface area contributed by atoms with E-state index < -0.39 is 5.82 Å². The molecule has 0 fully saturated rings. The zero-order chi connectivity index (χ0) is 13.7. The Morgan fingerprint density at radius 1 is 1.22 bits per heavy atom. The summed E-state index contributed by atoms with van der Waals surface area (Å²) >= 11 is 0. The molecule has 1 aromatic carbocycles. The first kappa shape index (κ1) is 14.2. The molecule has 0 saturated carbocycles. The van der Waals surface area contributed by atoms with Crippen molar-refractivity contribution in [2.24, 2.45) is 0 Å². The number of hydrogen-bond acceptors (Lipinski definition) is 4. The Morgan fingerprint density at radius 3 is 2.39 bits per heavy atom. The van der Waals surface area contributed by atoms with Crippen LogP contribution in [0.25, 0.3) is 11.5 Å². The third-order valence-corrected chi connectivity index (χ3v) is 2.24.